The number of sulfonamides is 1. The number of nitrogens with zero attached hydrogens (tertiary/aromatic N) is 1. The third-order valence-electron chi connectivity index (χ3n) is 3.66. The van der Waals surface area contributed by atoms with Gasteiger partial charge in [0.15, 0.2) is 5.13 Å². The average Bonchev–Trinajstić information content (AvgIpc) is 3.16. The second kappa shape index (κ2) is 8.28. The van der Waals surface area contributed by atoms with Gasteiger partial charge in [-0.05, 0) is 36.4 Å². The first kappa shape index (κ1) is 19.6. The minimum Gasteiger partial charge on any atom is -0.497 e. The quantitative estimate of drug-likeness (QED) is 0.609. The smallest absolute Gasteiger partial charge is 0.275 e. The van der Waals surface area contributed by atoms with E-state index in [1.54, 1.807) is 36.4 Å². The molecule has 1 heterocycles. The van der Waals surface area contributed by atoms with Crippen molar-refractivity contribution < 1.29 is 22.7 Å². The Hall–Kier alpha value is -3.11. The highest BCUT2D eigenvalue weighted by Gasteiger charge is 2.18. The Bertz CT molecular complexity index is 1080. The van der Waals surface area contributed by atoms with Gasteiger partial charge in [0.1, 0.15) is 17.2 Å². The topological polar surface area (TPSA) is 107 Å². The Labute approximate surface area is 166 Å². The number of nitrogens with one attached hydrogen (secondary N) is 2. The van der Waals surface area contributed by atoms with E-state index in [-0.39, 0.29) is 15.7 Å². The van der Waals surface area contributed by atoms with Crippen molar-refractivity contribution >= 4 is 38.1 Å². The molecule has 0 saturated carbocycles. The van der Waals surface area contributed by atoms with Gasteiger partial charge in [0.05, 0.1) is 19.1 Å². The molecule has 2 aromatic carbocycles. The van der Waals surface area contributed by atoms with Gasteiger partial charge >= 0.3 is 0 Å². The molecule has 0 saturated heterocycles. The maximum Gasteiger partial charge on any atom is 0.275 e. The van der Waals surface area contributed by atoms with Crippen LogP contribution < -0.4 is 19.5 Å². The first-order valence-electron chi connectivity index (χ1n) is 7.99. The van der Waals surface area contributed by atoms with Gasteiger partial charge in [0.2, 0.25) is 0 Å². The normalized spacial score (nSPS) is 10.9. The van der Waals surface area contributed by atoms with E-state index in [2.05, 4.69) is 15.0 Å². The fourth-order valence-electron chi connectivity index (χ4n) is 2.25. The summed E-state index contributed by atoms with van der Waals surface area (Å²) in [4.78, 5) is 16.4. The zero-order valence-corrected chi connectivity index (χ0v) is 16.6. The van der Waals surface area contributed by atoms with Crippen LogP contribution in [0.1, 0.15) is 10.5 Å². The van der Waals surface area contributed by atoms with Crippen LogP contribution in [0.4, 0.5) is 10.8 Å². The number of ether oxygens (including phenoxy) is 2. The number of amides is 1. The summed E-state index contributed by atoms with van der Waals surface area (Å²) >= 11 is 1.01. The minimum absolute atomic E-state index is 0.0610. The Morgan fingerprint density at radius 2 is 1.75 bits per heavy atom. The van der Waals surface area contributed by atoms with E-state index >= 15 is 0 Å². The molecule has 0 unspecified atom stereocenters. The monoisotopic (exact) mass is 419 g/mol. The van der Waals surface area contributed by atoms with Gasteiger partial charge in [-0.15, -0.1) is 11.3 Å². The van der Waals surface area contributed by atoms with Gasteiger partial charge in [-0.2, -0.15) is 0 Å². The van der Waals surface area contributed by atoms with Crippen molar-refractivity contribution in [1.82, 2.24) is 4.98 Å². The second-order valence-electron chi connectivity index (χ2n) is 5.51. The SMILES string of the molecule is COc1ccc(S(=O)(=O)Nc2nc(C(=O)Nc3cccc(OC)c3)cs2)cc1. The Morgan fingerprint density at radius 3 is 2.43 bits per heavy atom. The molecule has 0 aliphatic heterocycles. The molecule has 0 aliphatic rings. The first-order valence-corrected chi connectivity index (χ1v) is 10.4. The lowest BCUT2D eigenvalue weighted by Crippen LogP contribution is -2.14. The highest BCUT2D eigenvalue weighted by Crippen LogP contribution is 2.23. The fourth-order valence-corrected chi connectivity index (χ4v) is 4.19. The summed E-state index contributed by atoms with van der Waals surface area (Å²) in [5.74, 6) is 0.688. The van der Waals surface area contributed by atoms with Crippen LogP contribution in [0.2, 0.25) is 0 Å². The Morgan fingerprint density at radius 1 is 1.04 bits per heavy atom. The number of carbonyl (C=O) groups excluding carboxylic acids is 1. The molecular weight excluding hydrogens is 402 g/mol. The van der Waals surface area contributed by atoms with Crippen molar-refractivity contribution in [3.63, 3.8) is 0 Å². The van der Waals surface area contributed by atoms with E-state index in [1.807, 2.05) is 0 Å². The molecule has 3 rings (SSSR count). The maximum atomic E-state index is 12.4. The lowest BCUT2D eigenvalue weighted by molar-refractivity contribution is 0.102. The summed E-state index contributed by atoms with van der Waals surface area (Å²) in [5.41, 5.74) is 0.637. The molecule has 10 heteroatoms. The summed E-state index contributed by atoms with van der Waals surface area (Å²) in [5, 5.41) is 4.25. The van der Waals surface area contributed by atoms with Crippen molar-refractivity contribution in [2.45, 2.75) is 4.90 Å². The number of aromatic nitrogens is 1. The van der Waals surface area contributed by atoms with E-state index < -0.39 is 15.9 Å². The van der Waals surface area contributed by atoms with E-state index in [4.69, 9.17) is 9.47 Å². The van der Waals surface area contributed by atoms with Crippen LogP contribution in [0, 0.1) is 0 Å². The molecule has 2 N–H and O–H groups in total. The number of benzene rings is 2. The molecule has 146 valence electrons. The fraction of sp³-hybridized carbons (Fsp3) is 0.111. The molecule has 0 spiro atoms. The third kappa shape index (κ3) is 4.59. The zero-order chi connectivity index (χ0) is 20.1. The van der Waals surface area contributed by atoms with Crippen LogP contribution in [0.5, 0.6) is 11.5 Å². The minimum atomic E-state index is -3.82. The number of anilines is 2. The first-order chi connectivity index (χ1) is 13.4. The molecular formula is C18H17N3O5S2. The van der Waals surface area contributed by atoms with Crippen LogP contribution in [0.3, 0.4) is 0 Å². The third-order valence-corrected chi connectivity index (χ3v) is 5.90. The number of thiazole rings is 1. The van der Waals surface area contributed by atoms with E-state index in [1.165, 1.54) is 31.7 Å². The summed E-state index contributed by atoms with van der Waals surface area (Å²) in [6.07, 6.45) is 0. The summed E-state index contributed by atoms with van der Waals surface area (Å²) in [6.45, 7) is 0. The molecule has 28 heavy (non-hydrogen) atoms. The second-order valence-corrected chi connectivity index (χ2v) is 8.05. The predicted octanol–water partition coefficient (Wildman–Crippen LogP) is 3.21. The van der Waals surface area contributed by atoms with Gasteiger partial charge in [0.25, 0.3) is 15.9 Å². The van der Waals surface area contributed by atoms with Gasteiger partial charge in [-0.1, -0.05) is 6.07 Å². The standard InChI is InChI=1S/C18H17N3O5S2/c1-25-13-6-8-15(9-7-13)28(23,24)21-18-20-16(11-27-18)17(22)19-12-4-3-5-14(10-12)26-2/h3-11H,1-2H3,(H,19,22)(H,20,21). The predicted molar refractivity (Wildman–Crippen MR) is 107 cm³/mol. The maximum absolute atomic E-state index is 12.4. The van der Waals surface area contributed by atoms with Crippen LogP contribution in [0.25, 0.3) is 0 Å². The molecule has 1 amide bonds. The van der Waals surface area contributed by atoms with Gasteiger partial charge in [0, 0.05) is 17.1 Å². The zero-order valence-electron chi connectivity index (χ0n) is 15.0. The van der Waals surface area contributed by atoms with Gasteiger partial charge in [-0.3, -0.25) is 9.52 Å². The Kier molecular flexibility index (Phi) is 5.81. The van der Waals surface area contributed by atoms with E-state index in [0.29, 0.717) is 17.2 Å². The van der Waals surface area contributed by atoms with Crippen LogP contribution >= 0.6 is 11.3 Å². The number of hydrogen-bond acceptors (Lipinski definition) is 7. The molecule has 0 aliphatic carbocycles. The lowest BCUT2D eigenvalue weighted by Gasteiger charge is -2.06. The van der Waals surface area contributed by atoms with Crippen LogP contribution in [0.15, 0.2) is 58.8 Å². The van der Waals surface area contributed by atoms with Crippen molar-refractivity contribution in [3.05, 3.63) is 59.6 Å². The van der Waals surface area contributed by atoms with Gasteiger partial charge in [-0.25, -0.2) is 13.4 Å². The molecule has 1 aromatic heterocycles. The number of carbonyl (C=O) groups is 1. The molecule has 0 bridgehead atoms. The molecule has 0 fully saturated rings. The summed E-state index contributed by atoms with van der Waals surface area (Å²) in [6, 6.07) is 12.8. The number of rotatable bonds is 7. The molecule has 0 radical (unpaired) electrons. The highest BCUT2D eigenvalue weighted by atomic mass is 32.2. The summed E-state index contributed by atoms with van der Waals surface area (Å²) < 4.78 is 37.4. The van der Waals surface area contributed by atoms with Crippen molar-refractivity contribution in [1.29, 1.82) is 0 Å². The number of methoxy groups -OCH3 is 2. The van der Waals surface area contributed by atoms with Crippen LogP contribution in [-0.4, -0.2) is 33.5 Å². The van der Waals surface area contributed by atoms with E-state index in [0.717, 1.165) is 11.3 Å². The largest absolute Gasteiger partial charge is 0.497 e. The highest BCUT2D eigenvalue weighted by molar-refractivity contribution is 7.93. The average molecular weight is 419 g/mol. The summed E-state index contributed by atoms with van der Waals surface area (Å²) in [7, 11) is -0.799. The molecule has 3 aromatic rings. The number of hydrogen-bond donors (Lipinski definition) is 2. The molecule has 0 atom stereocenters. The van der Waals surface area contributed by atoms with Crippen molar-refractivity contribution in [3.8, 4) is 11.5 Å². The molecule has 8 nitrogen and oxygen atoms in total. The van der Waals surface area contributed by atoms with E-state index in [9.17, 15) is 13.2 Å². The van der Waals surface area contributed by atoms with Crippen LogP contribution in [-0.2, 0) is 10.0 Å². The van der Waals surface area contributed by atoms with Crippen molar-refractivity contribution in [2.24, 2.45) is 0 Å². The van der Waals surface area contributed by atoms with Gasteiger partial charge < -0.3 is 14.8 Å². The Balaban J connectivity index is 1.71. The van der Waals surface area contributed by atoms with Crippen molar-refractivity contribution in [2.75, 3.05) is 24.3 Å². The lowest BCUT2D eigenvalue weighted by atomic mass is 10.3.